The van der Waals surface area contributed by atoms with Gasteiger partial charge in [-0.25, -0.2) is 0 Å². The lowest BCUT2D eigenvalue weighted by molar-refractivity contribution is -0.127. The van der Waals surface area contributed by atoms with Crippen molar-refractivity contribution in [2.24, 2.45) is 5.92 Å². The van der Waals surface area contributed by atoms with Gasteiger partial charge in [0.25, 0.3) is 0 Å². The summed E-state index contributed by atoms with van der Waals surface area (Å²) in [7, 11) is 0. The summed E-state index contributed by atoms with van der Waals surface area (Å²) in [4.78, 5) is 16.5. The van der Waals surface area contributed by atoms with Gasteiger partial charge in [-0.15, -0.1) is 0 Å². The molecule has 2 rings (SSSR count). The van der Waals surface area contributed by atoms with Crippen LogP contribution in [0.1, 0.15) is 32.4 Å². The Morgan fingerprint density at radius 2 is 2.33 bits per heavy atom. The first-order valence-electron chi connectivity index (χ1n) is 6.54. The molecule has 98 valence electrons. The fraction of sp³-hybridized carbons (Fsp3) is 0.571. The van der Waals surface area contributed by atoms with Gasteiger partial charge in [0.1, 0.15) is 0 Å². The molecule has 1 unspecified atom stereocenters. The van der Waals surface area contributed by atoms with E-state index in [0.717, 1.165) is 31.6 Å². The van der Waals surface area contributed by atoms with E-state index in [-0.39, 0.29) is 11.8 Å². The third-order valence-electron chi connectivity index (χ3n) is 3.41. The second-order valence-corrected chi connectivity index (χ2v) is 5.37. The third-order valence-corrected chi connectivity index (χ3v) is 3.41. The molecule has 4 nitrogen and oxygen atoms in total. The first-order chi connectivity index (χ1) is 8.59. The van der Waals surface area contributed by atoms with Crippen molar-refractivity contribution < 1.29 is 4.79 Å². The van der Waals surface area contributed by atoms with Crippen molar-refractivity contribution >= 4 is 5.91 Å². The lowest BCUT2D eigenvalue weighted by Gasteiger charge is -2.30. The number of carbonyl (C=O) groups is 1. The van der Waals surface area contributed by atoms with E-state index in [0.29, 0.717) is 0 Å². The molecule has 2 heterocycles. The average molecular weight is 247 g/mol. The van der Waals surface area contributed by atoms with Gasteiger partial charge in [0, 0.05) is 12.7 Å². The molecule has 0 spiro atoms. The number of hydrogen-bond donors (Lipinski definition) is 2. The van der Waals surface area contributed by atoms with E-state index in [1.807, 2.05) is 32.0 Å². The molecule has 1 aliphatic heterocycles. The Morgan fingerprint density at radius 3 is 2.94 bits per heavy atom. The molecular formula is C14H21N3O. The van der Waals surface area contributed by atoms with Gasteiger partial charge in [-0.3, -0.25) is 9.78 Å². The minimum atomic E-state index is -0.421. The van der Waals surface area contributed by atoms with E-state index in [9.17, 15) is 4.79 Å². The lowest BCUT2D eigenvalue weighted by atomic mass is 9.94. The van der Waals surface area contributed by atoms with Crippen LogP contribution in [0.25, 0.3) is 0 Å². The smallest absolute Gasteiger partial charge is 0.225 e. The summed E-state index contributed by atoms with van der Waals surface area (Å²) in [5, 5.41) is 6.37. The minimum Gasteiger partial charge on any atom is -0.345 e. The fourth-order valence-electron chi connectivity index (χ4n) is 2.28. The van der Waals surface area contributed by atoms with Gasteiger partial charge in [-0.05, 0) is 45.4 Å². The number of hydrogen-bond acceptors (Lipinski definition) is 3. The summed E-state index contributed by atoms with van der Waals surface area (Å²) < 4.78 is 0. The molecule has 1 aromatic rings. The summed E-state index contributed by atoms with van der Waals surface area (Å²) in [6.07, 6.45) is 3.80. The maximum absolute atomic E-state index is 12.2. The van der Waals surface area contributed by atoms with Crippen molar-refractivity contribution in [3.8, 4) is 0 Å². The van der Waals surface area contributed by atoms with E-state index < -0.39 is 5.54 Å². The number of nitrogens with zero attached hydrogens (tertiary/aromatic N) is 1. The van der Waals surface area contributed by atoms with Crippen molar-refractivity contribution in [2.75, 3.05) is 13.1 Å². The predicted octanol–water partition coefficient (Wildman–Crippen LogP) is 1.43. The molecule has 0 aliphatic carbocycles. The van der Waals surface area contributed by atoms with Gasteiger partial charge in [0.05, 0.1) is 17.2 Å². The van der Waals surface area contributed by atoms with Crippen LogP contribution in [0, 0.1) is 5.92 Å². The number of carbonyl (C=O) groups excluding carboxylic acids is 1. The molecule has 1 aromatic heterocycles. The Kier molecular flexibility index (Phi) is 3.97. The molecule has 18 heavy (non-hydrogen) atoms. The number of rotatable bonds is 3. The summed E-state index contributed by atoms with van der Waals surface area (Å²) in [6.45, 7) is 5.78. The number of pyridine rings is 1. The van der Waals surface area contributed by atoms with Crippen LogP contribution >= 0.6 is 0 Å². The monoisotopic (exact) mass is 247 g/mol. The highest BCUT2D eigenvalue weighted by Crippen LogP contribution is 2.19. The number of piperidine rings is 1. The summed E-state index contributed by atoms with van der Waals surface area (Å²) in [5.41, 5.74) is 0.470. The molecule has 1 aliphatic rings. The minimum absolute atomic E-state index is 0.0849. The van der Waals surface area contributed by atoms with Gasteiger partial charge in [0.2, 0.25) is 5.91 Å². The quantitative estimate of drug-likeness (QED) is 0.849. The fourth-order valence-corrected chi connectivity index (χ4v) is 2.28. The molecule has 1 saturated heterocycles. The molecule has 1 fully saturated rings. The van der Waals surface area contributed by atoms with Crippen LogP contribution in [-0.4, -0.2) is 24.0 Å². The number of nitrogens with one attached hydrogen (secondary N) is 2. The lowest BCUT2D eigenvalue weighted by Crippen LogP contribution is -2.48. The summed E-state index contributed by atoms with van der Waals surface area (Å²) >= 11 is 0. The highest BCUT2D eigenvalue weighted by Gasteiger charge is 2.28. The van der Waals surface area contributed by atoms with Crippen molar-refractivity contribution in [2.45, 2.75) is 32.2 Å². The zero-order valence-corrected chi connectivity index (χ0v) is 11.1. The van der Waals surface area contributed by atoms with Crippen LogP contribution in [-0.2, 0) is 10.3 Å². The first-order valence-corrected chi connectivity index (χ1v) is 6.54. The Bertz CT molecular complexity index is 397. The molecule has 0 radical (unpaired) electrons. The van der Waals surface area contributed by atoms with Crippen molar-refractivity contribution in [3.63, 3.8) is 0 Å². The van der Waals surface area contributed by atoms with Gasteiger partial charge in [-0.2, -0.15) is 0 Å². The van der Waals surface area contributed by atoms with Crippen molar-refractivity contribution in [1.29, 1.82) is 0 Å². The summed E-state index contributed by atoms with van der Waals surface area (Å²) in [5.74, 6) is 0.208. The Balaban J connectivity index is 2.01. The number of aromatic nitrogens is 1. The Morgan fingerprint density at radius 1 is 1.50 bits per heavy atom. The first kappa shape index (κ1) is 13.0. The molecular weight excluding hydrogens is 226 g/mol. The normalized spacial score (nSPS) is 20.4. The van der Waals surface area contributed by atoms with E-state index in [1.54, 1.807) is 6.20 Å². The van der Waals surface area contributed by atoms with Gasteiger partial charge in [-0.1, -0.05) is 6.07 Å². The van der Waals surface area contributed by atoms with E-state index >= 15 is 0 Å². The van der Waals surface area contributed by atoms with Crippen LogP contribution in [0.5, 0.6) is 0 Å². The molecule has 0 saturated carbocycles. The van der Waals surface area contributed by atoms with Crippen LogP contribution in [0.4, 0.5) is 0 Å². The predicted molar refractivity (Wildman–Crippen MR) is 71.0 cm³/mol. The van der Waals surface area contributed by atoms with E-state index in [1.165, 1.54) is 0 Å². The van der Waals surface area contributed by atoms with Crippen LogP contribution in [0.15, 0.2) is 24.4 Å². The Hall–Kier alpha value is -1.42. The average Bonchev–Trinajstić information content (AvgIpc) is 2.40. The summed E-state index contributed by atoms with van der Waals surface area (Å²) in [6, 6.07) is 5.77. The van der Waals surface area contributed by atoms with Crippen LogP contribution in [0.2, 0.25) is 0 Å². The molecule has 2 N–H and O–H groups in total. The SMILES string of the molecule is CC(C)(NC(=O)C1CCCNC1)c1ccccn1. The standard InChI is InChI=1S/C14H21N3O/c1-14(2,12-7-3-4-9-16-12)17-13(18)11-6-5-8-15-10-11/h3-4,7,9,11,15H,5-6,8,10H2,1-2H3,(H,17,18). The zero-order chi connectivity index (χ0) is 13.0. The van der Waals surface area contributed by atoms with Crippen molar-refractivity contribution in [3.05, 3.63) is 30.1 Å². The van der Waals surface area contributed by atoms with Crippen LogP contribution in [0.3, 0.4) is 0 Å². The maximum atomic E-state index is 12.2. The van der Waals surface area contributed by atoms with E-state index in [4.69, 9.17) is 0 Å². The largest absolute Gasteiger partial charge is 0.345 e. The molecule has 0 bridgehead atoms. The number of amides is 1. The molecule has 0 aromatic carbocycles. The van der Waals surface area contributed by atoms with Gasteiger partial charge >= 0.3 is 0 Å². The van der Waals surface area contributed by atoms with Crippen molar-refractivity contribution in [1.82, 2.24) is 15.6 Å². The Labute approximate surface area is 108 Å². The molecule has 1 atom stereocenters. The highest BCUT2D eigenvalue weighted by molar-refractivity contribution is 5.79. The van der Waals surface area contributed by atoms with Gasteiger partial charge < -0.3 is 10.6 Å². The zero-order valence-electron chi connectivity index (χ0n) is 11.1. The molecule has 1 amide bonds. The van der Waals surface area contributed by atoms with Crippen LogP contribution < -0.4 is 10.6 Å². The highest BCUT2D eigenvalue weighted by atomic mass is 16.2. The third kappa shape index (κ3) is 3.07. The second-order valence-electron chi connectivity index (χ2n) is 5.37. The van der Waals surface area contributed by atoms with E-state index in [2.05, 4.69) is 15.6 Å². The second kappa shape index (κ2) is 5.48. The maximum Gasteiger partial charge on any atom is 0.225 e. The van der Waals surface area contributed by atoms with Gasteiger partial charge in [0.15, 0.2) is 0 Å². The molecule has 4 heteroatoms. The topological polar surface area (TPSA) is 54.0 Å².